The van der Waals surface area contributed by atoms with E-state index in [4.69, 9.17) is 10.6 Å². The highest BCUT2D eigenvalue weighted by Gasteiger charge is 2.54. The first-order chi connectivity index (χ1) is 17.4. The van der Waals surface area contributed by atoms with Crippen LogP contribution in [0.2, 0.25) is 0 Å². The van der Waals surface area contributed by atoms with E-state index in [-0.39, 0.29) is 28.8 Å². The number of imidazole rings is 1. The zero-order valence-electron chi connectivity index (χ0n) is 18.7. The molecule has 2 amide bonds. The van der Waals surface area contributed by atoms with Gasteiger partial charge in [0.1, 0.15) is 40.6 Å². The molecule has 36 heavy (non-hydrogen) atoms. The zero-order chi connectivity index (χ0) is 25.4. The number of thioether (sulfide) groups is 1. The quantitative estimate of drug-likeness (QED) is 0.217. The van der Waals surface area contributed by atoms with Gasteiger partial charge in [-0.1, -0.05) is 11.2 Å². The smallest absolute Gasteiger partial charge is 0.352 e. The number of carbonyl (C=O) groups is 3. The van der Waals surface area contributed by atoms with Gasteiger partial charge in [0, 0.05) is 16.5 Å². The van der Waals surface area contributed by atoms with Gasteiger partial charge < -0.3 is 21.0 Å². The number of allylic oxidation sites excluding steroid dienone is 1. The molecule has 0 spiro atoms. The highest BCUT2D eigenvalue weighted by Crippen LogP contribution is 2.41. The zero-order valence-corrected chi connectivity index (χ0v) is 21.1. The Labute approximate surface area is 216 Å². The molecule has 15 heteroatoms. The van der Waals surface area contributed by atoms with E-state index in [2.05, 4.69) is 20.4 Å². The van der Waals surface area contributed by atoms with Gasteiger partial charge in [-0.25, -0.2) is 14.8 Å². The number of aromatic nitrogens is 3. The van der Waals surface area contributed by atoms with Crippen LogP contribution in [-0.2, 0) is 19.2 Å². The standard InChI is InChI=1S/C21H19N7O5S3/c1-2-33-26-14(12-8-36-21(22)24-12)17(29)25-15-18(30)28-16(20(31)32)10(6-35-19(15)28)3-4-11-7-34-13-5-23-9-27(11)13/h3-5,7-9,15,19H,2,6H2,1H3,(H2,22,24)(H,25,29)(H,31,32)/b4-3?,26-14-/t15-,19-/m1/s1. The molecular weight excluding hydrogens is 526 g/mol. The number of thiazole rings is 2. The minimum absolute atomic E-state index is 0.0990. The highest BCUT2D eigenvalue weighted by molar-refractivity contribution is 8.00. The summed E-state index contributed by atoms with van der Waals surface area (Å²) in [6, 6.07) is -0.923. The molecule has 2 aliphatic heterocycles. The molecule has 0 bridgehead atoms. The third-order valence-electron chi connectivity index (χ3n) is 5.39. The summed E-state index contributed by atoms with van der Waals surface area (Å²) < 4.78 is 1.89. The van der Waals surface area contributed by atoms with E-state index in [1.807, 2.05) is 9.78 Å². The fraction of sp³-hybridized carbons (Fsp3) is 0.238. The van der Waals surface area contributed by atoms with Crippen molar-refractivity contribution in [3.63, 3.8) is 0 Å². The number of nitrogens with one attached hydrogen (secondary N) is 1. The number of hydrogen-bond acceptors (Lipinski definition) is 11. The molecule has 12 nitrogen and oxygen atoms in total. The van der Waals surface area contributed by atoms with Gasteiger partial charge in [0.05, 0.1) is 11.9 Å². The van der Waals surface area contributed by atoms with Crippen molar-refractivity contribution in [2.24, 2.45) is 5.16 Å². The van der Waals surface area contributed by atoms with Crippen LogP contribution in [0, 0.1) is 0 Å². The van der Waals surface area contributed by atoms with E-state index in [0.717, 1.165) is 21.9 Å². The Morgan fingerprint density at radius 2 is 2.19 bits per heavy atom. The second-order valence-electron chi connectivity index (χ2n) is 7.56. The summed E-state index contributed by atoms with van der Waals surface area (Å²) in [5.41, 5.74) is 7.03. The lowest BCUT2D eigenvalue weighted by molar-refractivity contribution is -0.150. The van der Waals surface area contributed by atoms with Crippen molar-refractivity contribution in [3.05, 3.63) is 52.0 Å². The summed E-state index contributed by atoms with van der Waals surface area (Å²) in [6.07, 6.45) is 6.92. The van der Waals surface area contributed by atoms with Crippen LogP contribution in [0.15, 0.2) is 45.8 Å². The Morgan fingerprint density at radius 3 is 2.92 bits per heavy atom. The van der Waals surface area contributed by atoms with Gasteiger partial charge in [-0.2, -0.15) is 0 Å². The van der Waals surface area contributed by atoms with Crippen molar-refractivity contribution in [2.45, 2.75) is 18.3 Å². The van der Waals surface area contributed by atoms with Crippen LogP contribution in [0.25, 0.3) is 10.9 Å². The first kappa shape index (κ1) is 24.0. The molecule has 0 aromatic carbocycles. The number of carboxylic acids is 1. The number of nitrogens with zero attached hydrogens (tertiary/aromatic N) is 5. The number of nitrogens with two attached hydrogens (primary N) is 1. The number of amides is 2. The molecule has 3 aromatic rings. The molecule has 0 unspecified atom stereocenters. The summed E-state index contributed by atoms with van der Waals surface area (Å²) >= 11 is 4.02. The molecular formula is C21H19N7O5S3. The maximum absolute atomic E-state index is 13.0. The normalized spacial score (nSPS) is 20.1. The van der Waals surface area contributed by atoms with Gasteiger partial charge in [0.2, 0.25) is 0 Å². The van der Waals surface area contributed by atoms with Gasteiger partial charge >= 0.3 is 5.97 Å². The van der Waals surface area contributed by atoms with Gasteiger partial charge in [-0.15, -0.1) is 34.4 Å². The summed E-state index contributed by atoms with van der Waals surface area (Å²) in [4.78, 5) is 53.5. The lowest BCUT2D eigenvalue weighted by Crippen LogP contribution is -2.71. The first-order valence-electron chi connectivity index (χ1n) is 10.6. The number of carbonyl (C=O) groups excluding carboxylic acids is 2. The van der Waals surface area contributed by atoms with E-state index < -0.39 is 29.2 Å². The Bertz CT molecular complexity index is 1450. The van der Waals surface area contributed by atoms with Gasteiger partial charge in [0.25, 0.3) is 11.8 Å². The molecule has 0 saturated carbocycles. The maximum Gasteiger partial charge on any atom is 0.352 e. The van der Waals surface area contributed by atoms with Crippen LogP contribution in [0.4, 0.5) is 5.13 Å². The molecule has 2 aliphatic rings. The van der Waals surface area contributed by atoms with Crippen LogP contribution in [0.5, 0.6) is 0 Å². The second kappa shape index (κ2) is 9.75. The molecule has 5 rings (SSSR count). The van der Waals surface area contributed by atoms with Gasteiger partial charge in [-0.3, -0.25) is 18.9 Å². The van der Waals surface area contributed by atoms with E-state index in [1.165, 1.54) is 28.0 Å². The molecule has 1 saturated heterocycles. The van der Waals surface area contributed by atoms with E-state index in [9.17, 15) is 19.5 Å². The summed E-state index contributed by atoms with van der Waals surface area (Å²) in [7, 11) is 0. The second-order valence-corrected chi connectivity index (χ2v) is 10.4. The predicted octanol–water partition coefficient (Wildman–Crippen LogP) is 1.63. The maximum atomic E-state index is 13.0. The number of aliphatic carboxylic acids is 1. The fourth-order valence-corrected chi connectivity index (χ4v) is 6.45. The minimum atomic E-state index is -1.22. The molecule has 186 valence electrons. The lowest BCUT2D eigenvalue weighted by atomic mass is 10.0. The van der Waals surface area contributed by atoms with E-state index >= 15 is 0 Å². The molecule has 4 N–H and O–H groups in total. The average molecular weight is 546 g/mol. The number of oxime groups is 1. The van der Waals surface area contributed by atoms with Crippen LogP contribution in [0.3, 0.4) is 0 Å². The van der Waals surface area contributed by atoms with Crippen LogP contribution in [0.1, 0.15) is 18.3 Å². The summed E-state index contributed by atoms with van der Waals surface area (Å²) in [5, 5.41) is 19.6. The number of hydrogen-bond donors (Lipinski definition) is 3. The Balaban J connectivity index is 1.36. The Kier molecular flexibility index (Phi) is 6.51. The van der Waals surface area contributed by atoms with Gasteiger partial charge in [0.15, 0.2) is 10.8 Å². The third kappa shape index (κ3) is 4.25. The third-order valence-corrected chi connectivity index (χ3v) is 8.27. The van der Waals surface area contributed by atoms with E-state index in [1.54, 1.807) is 37.0 Å². The highest BCUT2D eigenvalue weighted by atomic mass is 32.2. The topological polar surface area (TPSA) is 165 Å². The SMILES string of the molecule is CCO/N=C(\C(=O)N[C@@H]1C(=O)N2C(C(=O)O)=C(C=Cc3csc4cncn34)CS[C@H]12)c1csc(N)n1. The number of nitrogen functional groups attached to an aromatic ring is 1. The monoisotopic (exact) mass is 545 g/mol. The minimum Gasteiger partial charge on any atom is -0.477 e. The summed E-state index contributed by atoms with van der Waals surface area (Å²) in [6.45, 7) is 1.94. The van der Waals surface area contributed by atoms with Crippen molar-refractivity contribution < 1.29 is 24.3 Å². The van der Waals surface area contributed by atoms with E-state index in [0.29, 0.717) is 11.3 Å². The fourth-order valence-electron chi connectivity index (χ4n) is 3.76. The number of rotatable bonds is 8. The number of fused-ring (bicyclic) bond motifs is 2. The van der Waals surface area contributed by atoms with Crippen molar-refractivity contribution in [1.82, 2.24) is 24.6 Å². The number of anilines is 1. The van der Waals surface area contributed by atoms with Crippen molar-refractivity contribution in [2.75, 3.05) is 18.1 Å². The van der Waals surface area contributed by atoms with Crippen LogP contribution >= 0.6 is 34.4 Å². The largest absolute Gasteiger partial charge is 0.477 e. The number of carboxylic acid groups (broad SMARTS) is 1. The Hall–Kier alpha value is -3.69. The predicted molar refractivity (Wildman–Crippen MR) is 136 cm³/mol. The first-order valence-corrected chi connectivity index (χ1v) is 13.4. The van der Waals surface area contributed by atoms with Crippen LogP contribution in [-0.4, -0.2) is 71.6 Å². The Morgan fingerprint density at radius 1 is 1.36 bits per heavy atom. The average Bonchev–Trinajstić information content (AvgIpc) is 3.59. The molecule has 5 heterocycles. The van der Waals surface area contributed by atoms with Crippen molar-refractivity contribution >= 4 is 74.0 Å². The lowest BCUT2D eigenvalue weighted by Gasteiger charge is -2.49. The molecule has 2 atom stereocenters. The molecule has 0 aliphatic carbocycles. The molecule has 0 radical (unpaired) electrons. The molecule has 1 fully saturated rings. The molecule has 3 aromatic heterocycles. The van der Waals surface area contributed by atoms with Crippen molar-refractivity contribution in [1.29, 1.82) is 0 Å². The summed E-state index contributed by atoms with van der Waals surface area (Å²) in [5.74, 6) is -2.06. The van der Waals surface area contributed by atoms with Gasteiger partial charge in [-0.05, 0) is 18.6 Å². The number of β-lactam (4-membered cyclic amide) rings is 1. The van der Waals surface area contributed by atoms with Crippen molar-refractivity contribution in [3.8, 4) is 0 Å². The van der Waals surface area contributed by atoms with Crippen LogP contribution < -0.4 is 11.1 Å².